The van der Waals surface area contributed by atoms with Gasteiger partial charge in [-0.3, -0.25) is 19.7 Å². The van der Waals surface area contributed by atoms with Crippen molar-refractivity contribution in [3.8, 4) is 0 Å². The predicted molar refractivity (Wildman–Crippen MR) is 92.8 cm³/mol. The van der Waals surface area contributed by atoms with Crippen molar-refractivity contribution in [3.63, 3.8) is 0 Å². The van der Waals surface area contributed by atoms with Gasteiger partial charge in [-0.05, 0) is 25.8 Å². The zero-order valence-electron chi connectivity index (χ0n) is 14.7. The van der Waals surface area contributed by atoms with Crippen LogP contribution in [0.2, 0.25) is 0 Å². The van der Waals surface area contributed by atoms with Gasteiger partial charge in [-0.15, -0.1) is 0 Å². The van der Waals surface area contributed by atoms with Crippen LogP contribution in [0.3, 0.4) is 0 Å². The fourth-order valence-corrected chi connectivity index (χ4v) is 2.17. The smallest absolute Gasteiger partial charge is 0.319 e. The summed E-state index contributed by atoms with van der Waals surface area (Å²) < 4.78 is 9.69. The zero-order valence-corrected chi connectivity index (χ0v) is 14.7. The highest BCUT2D eigenvalue weighted by molar-refractivity contribution is 5.83. The van der Waals surface area contributed by atoms with E-state index in [4.69, 9.17) is 9.47 Å². The minimum atomic E-state index is -0.603. The number of nitrogens with one attached hydrogen (secondary N) is 2. The van der Waals surface area contributed by atoms with E-state index >= 15 is 0 Å². The Morgan fingerprint density at radius 3 is 2.28 bits per heavy atom. The normalized spacial score (nSPS) is 11.4. The molecule has 25 heavy (non-hydrogen) atoms. The van der Waals surface area contributed by atoms with Crippen molar-refractivity contribution in [2.75, 3.05) is 26.3 Å². The molecule has 0 unspecified atom stereocenters. The molecule has 1 aromatic rings. The molecule has 0 radical (unpaired) electrons. The molecule has 0 bridgehead atoms. The molecule has 1 atom stereocenters. The monoisotopic (exact) mass is 350 g/mol. The fraction of sp³-hybridized carbons (Fsp3) is 0.500. The number of carbonyl (C=O) groups is 3. The first-order valence-corrected chi connectivity index (χ1v) is 8.43. The SMILES string of the molecule is CCOC(=O)CCNC(=O)[C@H](Cc1ccccc1)NCC(=O)OCC. The predicted octanol–water partition coefficient (Wildman–Crippen LogP) is 0.820. The molecule has 0 aliphatic carbocycles. The van der Waals surface area contributed by atoms with E-state index in [0.717, 1.165) is 5.56 Å². The van der Waals surface area contributed by atoms with Crippen molar-refractivity contribution in [3.05, 3.63) is 35.9 Å². The van der Waals surface area contributed by atoms with Crippen LogP contribution in [0, 0.1) is 0 Å². The van der Waals surface area contributed by atoms with Gasteiger partial charge in [0, 0.05) is 6.54 Å². The molecule has 7 nitrogen and oxygen atoms in total. The van der Waals surface area contributed by atoms with Gasteiger partial charge in [-0.1, -0.05) is 30.3 Å². The maximum Gasteiger partial charge on any atom is 0.319 e. The van der Waals surface area contributed by atoms with E-state index in [2.05, 4.69) is 10.6 Å². The lowest BCUT2D eigenvalue weighted by atomic mass is 10.1. The molecule has 7 heteroatoms. The van der Waals surface area contributed by atoms with Crippen LogP contribution in [0.5, 0.6) is 0 Å². The molecule has 0 saturated heterocycles. The van der Waals surface area contributed by atoms with Crippen molar-refractivity contribution in [2.45, 2.75) is 32.7 Å². The average Bonchev–Trinajstić information content (AvgIpc) is 2.60. The molecule has 1 rings (SSSR count). The molecular formula is C18H26N2O5. The Morgan fingerprint density at radius 2 is 1.64 bits per heavy atom. The van der Waals surface area contributed by atoms with E-state index in [1.165, 1.54) is 0 Å². The second kappa shape index (κ2) is 12.0. The van der Waals surface area contributed by atoms with Crippen LogP contribution in [0.25, 0.3) is 0 Å². The third-order valence-electron chi connectivity index (χ3n) is 3.33. The van der Waals surface area contributed by atoms with Crippen molar-refractivity contribution >= 4 is 17.8 Å². The molecule has 0 aliphatic rings. The Labute approximate surface area is 148 Å². The number of esters is 2. The summed E-state index contributed by atoms with van der Waals surface area (Å²) in [6.45, 7) is 4.17. The van der Waals surface area contributed by atoms with Gasteiger partial charge in [0.15, 0.2) is 0 Å². The summed E-state index contributed by atoms with van der Waals surface area (Å²) in [6.07, 6.45) is 0.529. The Balaban J connectivity index is 2.57. The van der Waals surface area contributed by atoms with Crippen molar-refractivity contribution < 1.29 is 23.9 Å². The number of ether oxygens (including phenoxy) is 2. The van der Waals surface area contributed by atoms with Crippen LogP contribution in [-0.2, 0) is 30.3 Å². The van der Waals surface area contributed by atoms with Gasteiger partial charge >= 0.3 is 11.9 Å². The number of amides is 1. The second-order valence-electron chi connectivity index (χ2n) is 5.27. The number of carbonyl (C=O) groups excluding carboxylic acids is 3. The molecule has 1 amide bonds. The summed E-state index contributed by atoms with van der Waals surface area (Å²) in [5.41, 5.74) is 0.962. The zero-order chi connectivity index (χ0) is 18.5. The van der Waals surface area contributed by atoms with Crippen LogP contribution in [0.4, 0.5) is 0 Å². The van der Waals surface area contributed by atoms with E-state index in [1.54, 1.807) is 13.8 Å². The lowest BCUT2D eigenvalue weighted by Crippen LogP contribution is -2.47. The highest BCUT2D eigenvalue weighted by atomic mass is 16.5. The third kappa shape index (κ3) is 8.85. The van der Waals surface area contributed by atoms with Gasteiger partial charge in [0.2, 0.25) is 5.91 Å². The maximum atomic E-state index is 12.4. The average molecular weight is 350 g/mol. The Morgan fingerprint density at radius 1 is 1.00 bits per heavy atom. The molecule has 1 aromatic carbocycles. The summed E-state index contributed by atoms with van der Waals surface area (Å²) in [7, 11) is 0. The number of rotatable bonds is 11. The van der Waals surface area contributed by atoms with Crippen LogP contribution in [0.1, 0.15) is 25.8 Å². The topological polar surface area (TPSA) is 93.7 Å². The van der Waals surface area contributed by atoms with E-state index in [1.807, 2.05) is 30.3 Å². The molecular weight excluding hydrogens is 324 g/mol. The third-order valence-corrected chi connectivity index (χ3v) is 3.33. The van der Waals surface area contributed by atoms with Gasteiger partial charge in [0.05, 0.1) is 32.2 Å². The van der Waals surface area contributed by atoms with Gasteiger partial charge < -0.3 is 14.8 Å². The Bertz CT molecular complexity index is 548. The van der Waals surface area contributed by atoms with Crippen LogP contribution in [0.15, 0.2) is 30.3 Å². The van der Waals surface area contributed by atoms with Gasteiger partial charge in [0.25, 0.3) is 0 Å². The second-order valence-corrected chi connectivity index (χ2v) is 5.27. The van der Waals surface area contributed by atoms with Crippen molar-refractivity contribution in [1.29, 1.82) is 0 Å². The minimum absolute atomic E-state index is 0.0589. The quantitative estimate of drug-likeness (QED) is 0.574. The molecule has 0 aliphatic heterocycles. The van der Waals surface area contributed by atoms with Gasteiger partial charge in [0.1, 0.15) is 0 Å². The maximum absolute atomic E-state index is 12.4. The van der Waals surface area contributed by atoms with E-state index < -0.39 is 12.0 Å². The largest absolute Gasteiger partial charge is 0.466 e. The molecule has 0 spiro atoms. The Hall–Kier alpha value is -2.41. The molecule has 0 aromatic heterocycles. The van der Waals surface area contributed by atoms with Crippen LogP contribution in [-0.4, -0.2) is 50.2 Å². The lowest BCUT2D eigenvalue weighted by Gasteiger charge is -2.18. The summed E-state index contributed by atoms with van der Waals surface area (Å²) in [6, 6.07) is 8.88. The Kier molecular flexibility index (Phi) is 9.92. The first-order valence-electron chi connectivity index (χ1n) is 8.43. The van der Waals surface area contributed by atoms with E-state index in [0.29, 0.717) is 13.0 Å². The number of benzene rings is 1. The first kappa shape index (κ1) is 20.6. The van der Waals surface area contributed by atoms with Crippen LogP contribution >= 0.6 is 0 Å². The molecule has 138 valence electrons. The number of hydrogen-bond donors (Lipinski definition) is 2. The summed E-state index contributed by atoms with van der Waals surface area (Å²) in [4.78, 5) is 35.2. The van der Waals surface area contributed by atoms with Crippen molar-refractivity contribution in [1.82, 2.24) is 10.6 Å². The summed E-state index contributed by atoms with van der Waals surface area (Å²) in [5.74, 6) is -1.06. The minimum Gasteiger partial charge on any atom is -0.466 e. The fourth-order valence-electron chi connectivity index (χ4n) is 2.17. The van der Waals surface area contributed by atoms with E-state index in [-0.39, 0.29) is 38.0 Å². The molecule has 2 N–H and O–H groups in total. The lowest BCUT2D eigenvalue weighted by molar-refractivity contribution is -0.143. The highest BCUT2D eigenvalue weighted by Gasteiger charge is 2.20. The van der Waals surface area contributed by atoms with Gasteiger partial charge in [-0.25, -0.2) is 0 Å². The first-order chi connectivity index (χ1) is 12.1. The molecule has 0 fully saturated rings. The van der Waals surface area contributed by atoms with Crippen LogP contribution < -0.4 is 10.6 Å². The van der Waals surface area contributed by atoms with Gasteiger partial charge in [-0.2, -0.15) is 0 Å². The molecule has 0 heterocycles. The van der Waals surface area contributed by atoms with E-state index in [9.17, 15) is 14.4 Å². The standard InChI is InChI=1S/C18H26N2O5/c1-3-24-16(21)10-11-19-18(23)15(20-13-17(22)25-4-2)12-14-8-6-5-7-9-14/h5-9,15,20H,3-4,10-13H2,1-2H3,(H,19,23)/t15-/m0/s1. The number of hydrogen-bond acceptors (Lipinski definition) is 6. The summed E-state index contributed by atoms with van der Waals surface area (Å²) in [5, 5.41) is 5.61. The summed E-state index contributed by atoms with van der Waals surface area (Å²) >= 11 is 0. The molecule has 0 saturated carbocycles. The highest BCUT2D eigenvalue weighted by Crippen LogP contribution is 2.03. The van der Waals surface area contributed by atoms with Crippen molar-refractivity contribution in [2.24, 2.45) is 0 Å².